The minimum atomic E-state index is -0.716. The lowest BCUT2D eigenvalue weighted by atomic mass is 10.0. The molecule has 1 aliphatic heterocycles. The van der Waals surface area contributed by atoms with Gasteiger partial charge in [0.2, 0.25) is 6.79 Å². The maximum atomic E-state index is 9.80. The lowest BCUT2D eigenvalue weighted by Gasteiger charge is -2.16. The maximum Gasteiger partial charge on any atom is 0.231 e. The molecule has 0 saturated heterocycles. The van der Waals surface area contributed by atoms with Gasteiger partial charge in [-0.1, -0.05) is 12.1 Å². The average Bonchev–Trinajstić information content (AvgIpc) is 2.63. The van der Waals surface area contributed by atoms with Crippen molar-refractivity contribution < 1.29 is 14.6 Å². The molecule has 0 radical (unpaired) electrons. The molecule has 0 aromatic heterocycles. The van der Waals surface area contributed by atoms with Crippen molar-refractivity contribution in [3.05, 3.63) is 23.8 Å². The highest BCUT2D eigenvalue weighted by molar-refractivity contribution is 5.49. The van der Waals surface area contributed by atoms with Crippen LogP contribution in [0.15, 0.2) is 18.2 Å². The number of rotatable bonds is 2. The molecule has 4 nitrogen and oxygen atoms in total. The Morgan fingerprint density at radius 1 is 1.43 bits per heavy atom. The zero-order valence-corrected chi connectivity index (χ0v) is 7.93. The van der Waals surface area contributed by atoms with E-state index in [2.05, 4.69) is 0 Å². The molecule has 0 bridgehead atoms. The highest BCUT2D eigenvalue weighted by Crippen LogP contribution is 2.38. The second-order valence-corrected chi connectivity index (χ2v) is 3.38. The van der Waals surface area contributed by atoms with Crippen molar-refractivity contribution in [3.8, 4) is 11.5 Å². The van der Waals surface area contributed by atoms with E-state index in [1.54, 1.807) is 19.1 Å². The van der Waals surface area contributed by atoms with E-state index < -0.39 is 6.10 Å². The van der Waals surface area contributed by atoms with Crippen LogP contribution in [0.4, 0.5) is 0 Å². The summed E-state index contributed by atoms with van der Waals surface area (Å²) in [6, 6.07) is 5.08. The fourth-order valence-electron chi connectivity index (χ4n) is 1.47. The summed E-state index contributed by atoms with van der Waals surface area (Å²) in [7, 11) is 0. The standard InChI is InChI=1S/C10H13NO3/c1-6(11)9(12)7-3-2-4-8-10(7)14-5-13-8/h2-4,6,9,12H,5,11H2,1H3. The highest BCUT2D eigenvalue weighted by atomic mass is 16.7. The van der Waals surface area contributed by atoms with Crippen molar-refractivity contribution >= 4 is 0 Å². The molecule has 1 aromatic carbocycles. The summed E-state index contributed by atoms with van der Waals surface area (Å²) < 4.78 is 10.5. The van der Waals surface area contributed by atoms with E-state index in [1.165, 1.54) is 0 Å². The van der Waals surface area contributed by atoms with Crippen molar-refractivity contribution in [2.24, 2.45) is 5.73 Å². The van der Waals surface area contributed by atoms with Crippen LogP contribution in [0.2, 0.25) is 0 Å². The molecular weight excluding hydrogens is 182 g/mol. The first kappa shape index (κ1) is 9.30. The Bertz CT molecular complexity index is 338. The van der Waals surface area contributed by atoms with E-state index in [0.717, 1.165) is 0 Å². The van der Waals surface area contributed by atoms with Crippen LogP contribution in [0.3, 0.4) is 0 Å². The molecule has 4 heteroatoms. The van der Waals surface area contributed by atoms with Gasteiger partial charge in [0.1, 0.15) is 0 Å². The third kappa shape index (κ3) is 1.42. The normalized spacial score (nSPS) is 17.9. The molecule has 2 rings (SSSR count). The van der Waals surface area contributed by atoms with Gasteiger partial charge in [0, 0.05) is 11.6 Å². The average molecular weight is 195 g/mol. The number of fused-ring (bicyclic) bond motifs is 1. The van der Waals surface area contributed by atoms with Crippen LogP contribution >= 0.6 is 0 Å². The number of aliphatic hydroxyl groups excluding tert-OH is 1. The van der Waals surface area contributed by atoms with E-state index in [4.69, 9.17) is 15.2 Å². The molecule has 14 heavy (non-hydrogen) atoms. The Morgan fingerprint density at radius 3 is 2.93 bits per heavy atom. The van der Waals surface area contributed by atoms with Gasteiger partial charge < -0.3 is 20.3 Å². The molecule has 0 saturated carbocycles. The predicted octanol–water partition coefficient (Wildman–Crippen LogP) is 0.796. The molecule has 1 aromatic rings. The number of para-hydroxylation sites is 1. The fraction of sp³-hybridized carbons (Fsp3) is 0.400. The van der Waals surface area contributed by atoms with Gasteiger partial charge in [0.05, 0.1) is 6.10 Å². The number of hydrogen-bond acceptors (Lipinski definition) is 4. The Hall–Kier alpha value is -1.26. The summed E-state index contributed by atoms with van der Waals surface area (Å²) in [6.45, 7) is 1.96. The van der Waals surface area contributed by atoms with E-state index in [0.29, 0.717) is 17.1 Å². The molecule has 0 aliphatic carbocycles. The van der Waals surface area contributed by atoms with Gasteiger partial charge in [0.15, 0.2) is 11.5 Å². The zero-order chi connectivity index (χ0) is 10.1. The molecule has 0 amide bonds. The van der Waals surface area contributed by atoms with Gasteiger partial charge in [-0.05, 0) is 13.0 Å². The number of nitrogens with two attached hydrogens (primary N) is 1. The molecule has 0 spiro atoms. The Labute approximate surface area is 82.2 Å². The maximum absolute atomic E-state index is 9.80. The number of aliphatic hydroxyl groups is 1. The highest BCUT2D eigenvalue weighted by Gasteiger charge is 2.23. The first-order valence-electron chi connectivity index (χ1n) is 4.52. The number of hydrogen-bond donors (Lipinski definition) is 2. The summed E-state index contributed by atoms with van der Waals surface area (Å²) in [5.41, 5.74) is 6.31. The van der Waals surface area contributed by atoms with E-state index in [9.17, 15) is 5.11 Å². The van der Waals surface area contributed by atoms with Gasteiger partial charge in [-0.2, -0.15) is 0 Å². The second kappa shape index (κ2) is 3.48. The third-order valence-corrected chi connectivity index (χ3v) is 2.24. The molecule has 1 heterocycles. The Balaban J connectivity index is 2.39. The first-order valence-corrected chi connectivity index (χ1v) is 4.52. The molecular formula is C10H13NO3. The van der Waals surface area contributed by atoms with E-state index >= 15 is 0 Å². The summed E-state index contributed by atoms with van der Waals surface area (Å²) in [5.74, 6) is 1.28. The summed E-state index contributed by atoms with van der Waals surface area (Å²) in [4.78, 5) is 0. The lowest BCUT2D eigenvalue weighted by Crippen LogP contribution is -2.24. The van der Waals surface area contributed by atoms with Crippen LogP contribution in [0.1, 0.15) is 18.6 Å². The topological polar surface area (TPSA) is 64.7 Å². The van der Waals surface area contributed by atoms with Crippen LogP contribution in [0.25, 0.3) is 0 Å². The molecule has 0 fully saturated rings. The molecule has 76 valence electrons. The van der Waals surface area contributed by atoms with E-state index in [1.807, 2.05) is 6.07 Å². The van der Waals surface area contributed by atoms with Crippen LogP contribution in [0, 0.1) is 0 Å². The van der Waals surface area contributed by atoms with Crippen LogP contribution < -0.4 is 15.2 Å². The molecule has 2 unspecified atom stereocenters. The van der Waals surface area contributed by atoms with Crippen LogP contribution in [-0.2, 0) is 0 Å². The van der Waals surface area contributed by atoms with E-state index in [-0.39, 0.29) is 12.8 Å². The molecule has 3 N–H and O–H groups in total. The Kier molecular flexibility index (Phi) is 2.31. The SMILES string of the molecule is CC(N)C(O)c1cccc2c1OCO2. The minimum absolute atomic E-state index is 0.206. The van der Waals surface area contributed by atoms with Crippen molar-refractivity contribution in [2.75, 3.05) is 6.79 Å². The van der Waals surface area contributed by atoms with Crippen molar-refractivity contribution in [1.82, 2.24) is 0 Å². The van der Waals surface area contributed by atoms with Gasteiger partial charge in [-0.15, -0.1) is 0 Å². The second-order valence-electron chi connectivity index (χ2n) is 3.38. The van der Waals surface area contributed by atoms with Gasteiger partial charge in [-0.25, -0.2) is 0 Å². The largest absolute Gasteiger partial charge is 0.454 e. The van der Waals surface area contributed by atoms with Gasteiger partial charge in [0.25, 0.3) is 0 Å². The third-order valence-electron chi connectivity index (χ3n) is 2.24. The van der Waals surface area contributed by atoms with Crippen LogP contribution in [0.5, 0.6) is 11.5 Å². The zero-order valence-electron chi connectivity index (χ0n) is 7.93. The smallest absolute Gasteiger partial charge is 0.231 e. The summed E-state index contributed by atoms with van der Waals surface area (Å²) in [5, 5.41) is 9.80. The monoisotopic (exact) mass is 195 g/mol. The quantitative estimate of drug-likeness (QED) is 0.732. The fourth-order valence-corrected chi connectivity index (χ4v) is 1.47. The van der Waals surface area contributed by atoms with Crippen molar-refractivity contribution in [1.29, 1.82) is 0 Å². The van der Waals surface area contributed by atoms with Gasteiger partial charge in [-0.3, -0.25) is 0 Å². The molecule has 2 atom stereocenters. The van der Waals surface area contributed by atoms with Gasteiger partial charge >= 0.3 is 0 Å². The van der Waals surface area contributed by atoms with Crippen molar-refractivity contribution in [3.63, 3.8) is 0 Å². The first-order chi connectivity index (χ1) is 6.70. The Morgan fingerprint density at radius 2 is 2.21 bits per heavy atom. The van der Waals surface area contributed by atoms with Crippen LogP contribution in [-0.4, -0.2) is 17.9 Å². The summed E-state index contributed by atoms with van der Waals surface area (Å²) >= 11 is 0. The predicted molar refractivity (Wildman–Crippen MR) is 51.2 cm³/mol. The lowest BCUT2D eigenvalue weighted by molar-refractivity contribution is 0.142. The number of benzene rings is 1. The summed E-state index contributed by atoms with van der Waals surface area (Å²) in [6.07, 6.45) is -0.716. The van der Waals surface area contributed by atoms with Crippen molar-refractivity contribution in [2.45, 2.75) is 19.1 Å². The number of ether oxygens (including phenoxy) is 2. The minimum Gasteiger partial charge on any atom is -0.454 e. The molecule has 1 aliphatic rings.